The molecule has 0 spiro atoms. The van der Waals surface area contributed by atoms with Crippen molar-refractivity contribution in [3.05, 3.63) is 65.9 Å². The Labute approximate surface area is 116 Å². The average Bonchev–Trinajstić information content (AvgIpc) is 2.78. The number of rotatable bonds is 3. The maximum atomic E-state index is 11.3. The number of fused-ring (bicyclic) bond motifs is 1. The van der Waals surface area contributed by atoms with E-state index in [9.17, 15) is 9.90 Å². The highest BCUT2D eigenvalue weighted by molar-refractivity contribution is 6.04. The summed E-state index contributed by atoms with van der Waals surface area (Å²) in [5, 5.41) is 10.00. The van der Waals surface area contributed by atoms with E-state index in [1.165, 1.54) is 0 Å². The maximum Gasteiger partial charge on any atom is 0.337 e. The number of nitrogen functional groups attached to an aromatic ring is 1. The number of hydrogen-bond acceptors (Lipinski definition) is 2. The monoisotopic (exact) mass is 266 g/mol. The zero-order chi connectivity index (χ0) is 14.1. The molecule has 3 N–H and O–H groups in total. The topological polar surface area (TPSA) is 68.2 Å². The zero-order valence-electron chi connectivity index (χ0n) is 10.8. The van der Waals surface area contributed by atoms with Crippen molar-refractivity contribution >= 4 is 22.6 Å². The highest BCUT2D eigenvalue weighted by Gasteiger charge is 2.14. The molecular weight excluding hydrogens is 252 g/mol. The molecule has 0 atom stereocenters. The van der Waals surface area contributed by atoms with E-state index >= 15 is 0 Å². The minimum Gasteiger partial charge on any atom is -0.478 e. The Kier molecular flexibility index (Phi) is 2.91. The molecule has 4 heteroatoms. The number of aromatic nitrogens is 1. The normalized spacial score (nSPS) is 10.8. The van der Waals surface area contributed by atoms with Gasteiger partial charge in [0.05, 0.1) is 11.1 Å². The van der Waals surface area contributed by atoms with Crippen molar-refractivity contribution in [2.75, 3.05) is 5.73 Å². The summed E-state index contributed by atoms with van der Waals surface area (Å²) in [4.78, 5) is 11.3. The van der Waals surface area contributed by atoms with Crippen molar-refractivity contribution in [1.82, 2.24) is 4.57 Å². The summed E-state index contributed by atoms with van der Waals surface area (Å²) in [6, 6.07) is 15.2. The Hall–Kier alpha value is -2.75. The first-order chi connectivity index (χ1) is 9.65. The number of anilines is 1. The van der Waals surface area contributed by atoms with Gasteiger partial charge in [-0.05, 0) is 23.8 Å². The SMILES string of the molecule is Nc1ccc2c(C(=O)O)cn(Cc3ccccc3)c2c1. The molecule has 0 saturated heterocycles. The van der Waals surface area contributed by atoms with E-state index in [1.54, 1.807) is 18.3 Å². The minimum absolute atomic E-state index is 0.302. The Bertz CT molecular complexity index is 776. The van der Waals surface area contributed by atoms with Crippen LogP contribution in [0.3, 0.4) is 0 Å². The zero-order valence-corrected chi connectivity index (χ0v) is 10.8. The van der Waals surface area contributed by atoms with Crippen LogP contribution in [0.4, 0.5) is 5.69 Å². The van der Waals surface area contributed by atoms with Crippen LogP contribution >= 0.6 is 0 Å². The van der Waals surface area contributed by atoms with Gasteiger partial charge in [0.2, 0.25) is 0 Å². The lowest BCUT2D eigenvalue weighted by Gasteiger charge is -2.05. The van der Waals surface area contributed by atoms with Crippen LogP contribution in [0.15, 0.2) is 54.7 Å². The first-order valence-electron chi connectivity index (χ1n) is 6.31. The number of nitrogens with two attached hydrogens (primary N) is 1. The van der Waals surface area contributed by atoms with Gasteiger partial charge in [0.25, 0.3) is 0 Å². The van der Waals surface area contributed by atoms with Gasteiger partial charge in [-0.2, -0.15) is 0 Å². The van der Waals surface area contributed by atoms with Crippen LogP contribution in [0.1, 0.15) is 15.9 Å². The van der Waals surface area contributed by atoms with Crippen LogP contribution in [-0.4, -0.2) is 15.6 Å². The first-order valence-corrected chi connectivity index (χ1v) is 6.31. The summed E-state index contributed by atoms with van der Waals surface area (Å²) in [5.41, 5.74) is 8.69. The number of carboxylic acid groups (broad SMARTS) is 1. The van der Waals surface area contributed by atoms with Crippen molar-refractivity contribution in [2.24, 2.45) is 0 Å². The molecule has 4 nitrogen and oxygen atoms in total. The fraction of sp³-hybridized carbons (Fsp3) is 0.0625. The molecule has 0 bridgehead atoms. The van der Waals surface area contributed by atoms with Gasteiger partial charge < -0.3 is 15.4 Å². The van der Waals surface area contributed by atoms with Gasteiger partial charge in [-0.15, -0.1) is 0 Å². The van der Waals surface area contributed by atoms with Crippen LogP contribution in [0, 0.1) is 0 Å². The number of aromatic carboxylic acids is 1. The van der Waals surface area contributed by atoms with Gasteiger partial charge in [-0.1, -0.05) is 30.3 Å². The second kappa shape index (κ2) is 4.74. The van der Waals surface area contributed by atoms with Crippen molar-refractivity contribution in [3.8, 4) is 0 Å². The summed E-state index contributed by atoms with van der Waals surface area (Å²) >= 11 is 0. The molecule has 0 aliphatic carbocycles. The highest BCUT2D eigenvalue weighted by atomic mass is 16.4. The first kappa shape index (κ1) is 12.3. The third kappa shape index (κ3) is 2.12. The molecule has 1 heterocycles. The molecular formula is C16H14N2O2. The van der Waals surface area contributed by atoms with Gasteiger partial charge in [0, 0.05) is 23.8 Å². The number of hydrogen-bond donors (Lipinski definition) is 2. The predicted octanol–water partition coefficient (Wildman–Crippen LogP) is 2.97. The molecule has 0 amide bonds. The Morgan fingerprint density at radius 1 is 1.15 bits per heavy atom. The summed E-state index contributed by atoms with van der Waals surface area (Å²) in [5.74, 6) is -0.924. The number of carboxylic acids is 1. The predicted molar refractivity (Wildman–Crippen MR) is 78.9 cm³/mol. The Balaban J connectivity index is 2.15. The fourth-order valence-corrected chi connectivity index (χ4v) is 2.39. The number of nitrogens with zero attached hydrogens (tertiary/aromatic N) is 1. The molecule has 3 rings (SSSR count). The molecule has 1 aromatic heterocycles. The molecule has 0 aliphatic rings. The quantitative estimate of drug-likeness (QED) is 0.716. The van der Waals surface area contributed by atoms with Crippen LogP contribution in [-0.2, 0) is 6.54 Å². The highest BCUT2D eigenvalue weighted by Crippen LogP contribution is 2.24. The summed E-state index contributed by atoms with van der Waals surface area (Å²) in [6.45, 7) is 0.619. The van der Waals surface area contributed by atoms with E-state index in [1.807, 2.05) is 41.0 Å². The van der Waals surface area contributed by atoms with E-state index in [0.717, 1.165) is 11.1 Å². The number of carbonyl (C=O) groups is 1. The molecule has 3 aromatic rings. The number of benzene rings is 2. The van der Waals surface area contributed by atoms with E-state index in [2.05, 4.69) is 0 Å². The summed E-state index contributed by atoms with van der Waals surface area (Å²) < 4.78 is 1.92. The lowest BCUT2D eigenvalue weighted by atomic mass is 10.1. The van der Waals surface area contributed by atoms with E-state index in [-0.39, 0.29) is 0 Å². The molecule has 0 unspecified atom stereocenters. The van der Waals surface area contributed by atoms with E-state index in [0.29, 0.717) is 23.2 Å². The summed E-state index contributed by atoms with van der Waals surface area (Å²) in [7, 11) is 0. The third-order valence-corrected chi connectivity index (χ3v) is 3.33. The Morgan fingerprint density at radius 3 is 2.60 bits per heavy atom. The lowest BCUT2D eigenvalue weighted by Crippen LogP contribution is -1.98. The van der Waals surface area contributed by atoms with Crippen molar-refractivity contribution < 1.29 is 9.90 Å². The van der Waals surface area contributed by atoms with E-state index in [4.69, 9.17) is 5.73 Å². The van der Waals surface area contributed by atoms with Gasteiger partial charge >= 0.3 is 5.97 Å². The lowest BCUT2D eigenvalue weighted by molar-refractivity contribution is 0.0699. The van der Waals surface area contributed by atoms with Crippen molar-refractivity contribution in [1.29, 1.82) is 0 Å². The second-order valence-corrected chi connectivity index (χ2v) is 4.74. The van der Waals surface area contributed by atoms with Crippen LogP contribution in [0.2, 0.25) is 0 Å². The van der Waals surface area contributed by atoms with Crippen molar-refractivity contribution in [3.63, 3.8) is 0 Å². The van der Waals surface area contributed by atoms with Gasteiger partial charge in [-0.3, -0.25) is 0 Å². The van der Waals surface area contributed by atoms with Crippen LogP contribution in [0.25, 0.3) is 10.9 Å². The van der Waals surface area contributed by atoms with Crippen LogP contribution < -0.4 is 5.73 Å². The molecule has 0 aliphatic heterocycles. The molecule has 0 radical (unpaired) electrons. The standard InChI is InChI=1S/C16H14N2O2/c17-12-6-7-13-14(16(19)20)10-18(15(13)8-12)9-11-4-2-1-3-5-11/h1-8,10H,9,17H2,(H,19,20). The largest absolute Gasteiger partial charge is 0.478 e. The molecule has 0 fully saturated rings. The third-order valence-electron chi connectivity index (χ3n) is 3.33. The second-order valence-electron chi connectivity index (χ2n) is 4.74. The molecule has 2 aromatic carbocycles. The van der Waals surface area contributed by atoms with Gasteiger partial charge in [0.15, 0.2) is 0 Å². The minimum atomic E-state index is -0.924. The summed E-state index contributed by atoms with van der Waals surface area (Å²) in [6.07, 6.45) is 1.67. The van der Waals surface area contributed by atoms with E-state index < -0.39 is 5.97 Å². The van der Waals surface area contributed by atoms with Crippen molar-refractivity contribution in [2.45, 2.75) is 6.54 Å². The molecule has 20 heavy (non-hydrogen) atoms. The van der Waals surface area contributed by atoms with Gasteiger partial charge in [0.1, 0.15) is 0 Å². The average molecular weight is 266 g/mol. The maximum absolute atomic E-state index is 11.3. The molecule has 100 valence electrons. The Morgan fingerprint density at radius 2 is 1.90 bits per heavy atom. The molecule has 0 saturated carbocycles. The van der Waals surface area contributed by atoms with Gasteiger partial charge in [-0.25, -0.2) is 4.79 Å². The smallest absolute Gasteiger partial charge is 0.337 e. The fourth-order valence-electron chi connectivity index (χ4n) is 2.39. The van der Waals surface area contributed by atoms with Crippen LogP contribution in [0.5, 0.6) is 0 Å².